The van der Waals surface area contributed by atoms with Crippen LogP contribution in [0.3, 0.4) is 0 Å². The molecule has 0 heterocycles. The zero-order valence-corrected chi connectivity index (χ0v) is 17.7. The van der Waals surface area contributed by atoms with Gasteiger partial charge in [-0.15, -0.1) is 0 Å². The summed E-state index contributed by atoms with van der Waals surface area (Å²) < 4.78 is 33.2. The van der Waals surface area contributed by atoms with Crippen LogP contribution in [0.1, 0.15) is 37.5 Å². The standard InChI is InChI=1S/C21H36O6/c1-7-25-19(22-4)13-16-10-17(14-20(23-5)26-8-2)12-18(11-16)15-21(24-6)27-9-3/h10-12,19-21H,7-9,13-15H2,1-6H3. The topological polar surface area (TPSA) is 55.4 Å². The number of hydrogen-bond acceptors (Lipinski definition) is 6. The van der Waals surface area contributed by atoms with Gasteiger partial charge >= 0.3 is 0 Å². The first-order valence-corrected chi connectivity index (χ1v) is 9.64. The van der Waals surface area contributed by atoms with Crippen LogP contribution in [0.15, 0.2) is 18.2 Å². The molecule has 0 aromatic heterocycles. The average Bonchev–Trinajstić information content (AvgIpc) is 2.66. The summed E-state index contributed by atoms with van der Waals surface area (Å²) in [5, 5.41) is 0. The van der Waals surface area contributed by atoms with Crippen molar-refractivity contribution in [1.29, 1.82) is 0 Å². The predicted molar refractivity (Wildman–Crippen MR) is 105 cm³/mol. The molecule has 0 fully saturated rings. The fourth-order valence-electron chi connectivity index (χ4n) is 2.96. The van der Waals surface area contributed by atoms with E-state index < -0.39 is 0 Å². The van der Waals surface area contributed by atoms with Gasteiger partial charge in [0.2, 0.25) is 0 Å². The Labute approximate surface area is 164 Å². The SMILES string of the molecule is CCOC(Cc1cc(CC(OC)OCC)cc(CC(OC)OCC)c1)OC. The first-order chi connectivity index (χ1) is 13.1. The molecule has 1 aromatic rings. The molecule has 6 nitrogen and oxygen atoms in total. The van der Waals surface area contributed by atoms with Crippen molar-refractivity contribution < 1.29 is 28.4 Å². The molecule has 6 heteroatoms. The number of rotatable bonds is 15. The highest BCUT2D eigenvalue weighted by Gasteiger charge is 2.15. The van der Waals surface area contributed by atoms with Gasteiger partial charge < -0.3 is 28.4 Å². The maximum absolute atomic E-state index is 5.64. The Hall–Kier alpha value is -1.02. The zero-order chi connectivity index (χ0) is 20.1. The third-order valence-corrected chi connectivity index (χ3v) is 4.17. The lowest BCUT2D eigenvalue weighted by atomic mass is 9.99. The van der Waals surface area contributed by atoms with Crippen LogP contribution in [-0.4, -0.2) is 60.0 Å². The maximum atomic E-state index is 5.64. The van der Waals surface area contributed by atoms with Crippen molar-refractivity contribution in [2.45, 2.75) is 58.9 Å². The fraction of sp³-hybridized carbons (Fsp3) is 0.714. The lowest BCUT2D eigenvalue weighted by Gasteiger charge is -2.20. The number of hydrogen-bond donors (Lipinski definition) is 0. The lowest BCUT2D eigenvalue weighted by Crippen LogP contribution is -2.21. The van der Waals surface area contributed by atoms with E-state index >= 15 is 0 Å². The molecule has 0 radical (unpaired) electrons. The van der Waals surface area contributed by atoms with E-state index in [9.17, 15) is 0 Å². The van der Waals surface area contributed by atoms with E-state index in [-0.39, 0.29) is 18.9 Å². The zero-order valence-electron chi connectivity index (χ0n) is 17.7. The highest BCUT2D eigenvalue weighted by molar-refractivity contribution is 5.31. The number of ether oxygens (including phenoxy) is 6. The first-order valence-electron chi connectivity index (χ1n) is 9.64. The van der Waals surface area contributed by atoms with Crippen LogP contribution in [0.5, 0.6) is 0 Å². The van der Waals surface area contributed by atoms with Crippen LogP contribution >= 0.6 is 0 Å². The molecule has 0 saturated carbocycles. The van der Waals surface area contributed by atoms with Crippen LogP contribution in [0.2, 0.25) is 0 Å². The monoisotopic (exact) mass is 384 g/mol. The van der Waals surface area contributed by atoms with Crippen molar-refractivity contribution >= 4 is 0 Å². The van der Waals surface area contributed by atoms with Crippen molar-refractivity contribution in [1.82, 2.24) is 0 Å². The van der Waals surface area contributed by atoms with Gasteiger partial charge in [-0.1, -0.05) is 18.2 Å². The third-order valence-electron chi connectivity index (χ3n) is 4.17. The molecule has 0 bridgehead atoms. The van der Waals surface area contributed by atoms with Crippen LogP contribution in [0, 0.1) is 0 Å². The highest BCUT2D eigenvalue weighted by Crippen LogP contribution is 2.19. The van der Waals surface area contributed by atoms with Gasteiger partial charge in [-0.2, -0.15) is 0 Å². The second-order valence-corrected chi connectivity index (χ2v) is 6.13. The van der Waals surface area contributed by atoms with E-state index in [2.05, 4.69) is 18.2 Å². The van der Waals surface area contributed by atoms with Crippen LogP contribution in [0.25, 0.3) is 0 Å². The van der Waals surface area contributed by atoms with Gasteiger partial charge in [-0.05, 0) is 37.5 Å². The summed E-state index contributed by atoms with van der Waals surface area (Å²) in [6.07, 6.45) is 1.20. The molecule has 0 spiro atoms. The minimum absolute atomic E-state index is 0.270. The van der Waals surface area contributed by atoms with E-state index in [0.717, 1.165) is 16.7 Å². The second-order valence-electron chi connectivity index (χ2n) is 6.13. The van der Waals surface area contributed by atoms with E-state index in [1.165, 1.54) is 0 Å². The van der Waals surface area contributed by atoms with Crippen LogP contribution in [-0.2, 0) is 47.7 Å². The summed E-state index contributed by atoms with van der Waals surface area (Å²) >= 11 is 0. The summed E-state index contributed by atoms with van der Waals surface area (Å²) in [6, 6.07) is 6.46. The van der Waals surface area contributed by atoms with Gasteiger partial charge in [0.15, 0.2) is 18.9 Å². The van der Waals surface area contributed by atoms with Crippen molar-refractivity contribution in [2.24, 2.45) is 0 Å². The Morgan fingerprint density at radius 2 is 0.815 bits per heavy atom. The van der Waals surface area contributed by atoms with Crippen molar-refractivity contribution in [3.63, 3.8) is 0 Å². The minimum atomic E-state index is -0.270. The summed E-state index contributed by atoms with van der Waals surface area (Å²) in [6.45, 7) is 7.71. The average molecular weight is 385 g/mol. The van der Waals surface area contributed by atoms with Gasteiger partial charge in [0.25, 0.3) is 0 Å². The number of benzene rings is 1. The Morgan fingerprint density at radius 3 is 1.00 bits per heavy atom. The largest absolute Gasteiger partial charge is 0.356 e. The molecule has 0 amide bonds. The van der Waals surface area contributed by atoms with Gasteiger partial charge in [-0.25, -0.2) is 0 Å². The minimum Gasteiger partial charge on any atom is -0.356 e. The summed E-state index contributed by atoms with van der Waals surface area (Å²) in [4.78, 5) is 0. The Bertz CT molecular complexity index is 424. The summed E-state index contributed by atoms with van der Waals surface area (Å²) in [5.41, 5.74) is 3.42. The summed E-state index contributed by atoms with van der Waals surface area (Å²) in [7, 11) is 4.99. The first kappa shape index (κ1) is 24.0. The van der Waals surface area contributed by atoms with Crippen LogP contribution < -0.4 is 0 Å². The van der Waals surface area contributed by atoms with E-state index in [1.54, 1.807) is 21.3 Å². The predicted octanol–water partition coefficient (Wildman–Crippen LogP) is 3.34. The van der Waals surface area contributed by atoms with Gasteiger partial charge in [-0.3, -0.25) is 0 Å². The van der Waals surface area contributed by atoms with Crippen molar-refractivity contribution in [3.05, 3.63) is 34.9 Å². The molecule has 156 valence electrons. The smallest absolute Gasteiger partial charge is 0.161 e. The Kier molecular flexibility index (Phi) is 12.5. The fourth-order valence-corrected chi connectivity index (χ4v) is 2.96. The molecule has 0 aliphatic carbocycles. The quantitative estimate of drug-likeness (QED) is 0.432. The molecule has 0 saturated heterocycles. The van der Waals surface area contributed by atoms with Crippen molar-refractivity contribution in [2.75, 3.05) is 41.2 Å². The van der Waals surface area contributed by atoms with E-state index in [4.69, 9.17) is 28.4 Å². The molecule has 1 aromatic carbocycles. The molecule has 0 aliphatic heterocycles. The highest BCUT2D eigenvalue weighted by atomic mass is 16.7. The molecule has 0 N–H and O–H groups in total. The Morgan fingerprint density at radius 1 is 0.556 bits per heavy atom. The van der Waals surface area contributed by atoms with Gasteiger partial charge in [0.1, 0.15) is 0 Å². The maximum Gasteiger partial charge on any atom is 0.161 e. The lowest BCUT2D eigenvalue weighted by molar-refractivity contribution is -0.119. The van der Waals surface area contributed by atoms with Gasteiger partial charge in [0.05, 0.1) is 0 Å². The molecule has 1 rings (SSSR count). The molecular weight excluding hydrogens is 348 g/mol. The second kappa shape index (κ2) is 14.0. The molecule has 27 heavy (non-hydrogen) atoms. The Balaban J connectivity index is 3.05. The molecular formula is C21H36O6. The third kappa shape index (κ3) is 9.14. The normalized spacial score (nSPS) is 14.9. The van der Waals surface area contributed by atoms with Gasteiger partial charge in [0, 0.05) is 60.4 Å². The molecule has 0 aliphatic rings. The van der Waals surface area contributed by atoms with E-state index in [0.29, 0.717) is 39.1 Å². The van der Waals surface area contributed by atoms with Crippen molar-refractivity contribution in [3.8, 4) is 0 Å². The summed E-state index contributed by atoms with van der Waals surface area (Å²) in [5.74, 6) is 0. The number of methoxy groups -OCH3 is 3. The van der Waals surface area contributed by atoms with Crippen LogP contribution in [0.4, 0.5) is 0 Å². The molecule has 3 unspecified atom stereocenters. The van der Waals surface area contributed by atoms with E-state index in [1.807, 2.05) is 20.8 Å². The molecule has 3 atom stereocenters.